The van der Waals surface area contributed by atoms with Gasteiger partial charge in [0.25, 0.3) is 0 Å². The average Bonchev–Trinajstić information content (AvgIpc) is 2.36. The van der Waals surface area contributed by atoms with Crippen LogP contribution in [0.3, 0.4) is 0 Å². The number of ketones is 1. The Balaban J connectivity index is 2.93. The second kappa shape index (κ2) is 7.17. The molecule has 1 aromatic rings. The predicted molar refractivity (Wildman–Crippen MR) is 73.9 cm³/mol. The number of para-hydroxylation sites is 1. The molecule has 100 valence electrons. The minimum atomic E-state index is -0.119. The molecule has 0 aliphatic carbocycles. The first-order chi connectivity index (χ1) is 8.60. The Morgan fingerprint density at radius 3 is 2.56 bits per heavy atom. The van der Waals surface area contributed by atoms with Crippen LogP contribution in [-0.2, 0) is 0 Å². The lowest BCUT2D eigenvalue weighted by Gasteiger charge is -2.17. The van der Waals surface area contributed by atoms with Crippen LogP contribution in [0.25, 0.3) is 0 Å². The van der Waals surface area contributed by atoms with Crippen LogP contribution in [0.4, 0.5) is 0 Å². The molecule has 0 heterocycles. The molecule has 1 unspecified atom stereocenters. The van der Waals surface area contributed by atoms with Gasteiger partial charge in [0.1, 0.15) is 5.75 Å². The van der Waals surface area contributed by atoms with Gasteiger partial charge in [-0.2, -0.15) is 0 Å². The molecule has 0 fully saturated rings. The normalized spacial score (nSPS) is 12.5. The lowest BCUT2D eigenvalue weighted by Crippen LogP contribution is -2.25. The number of rotatable bonds is 7. The molecule has 0 spiro atoms. The van der Waals surface area contributed by atoms with Crippen LogP contribution in [0.2, 0.25) is 0 Å². The topological polar surface area (TPSA) is 52.3 Å². The maximum atomic E-state index is 12.4. The molecule has 0 radical (unpaired) electrons. The Morgan fingerprint density at radius 1 is 1.33 bits per heavy atom. The lowest BCUT2D eigenvalue weighted by atomic mass is 9.89. The van der Waals surface area contributed by atoms with E-state index in [1.807, 2.05) is 31.2 Å². The van der Waals surface area contributed by atoms with E-state index in [4.69, 9.17) is 10.5 Å². The molecule has 0 amide bonds. The minimum absolute atomic E-state index is 0.0928. The summed E-state index contributed by atoms with van der Waals surface area (Å²) >= 11 is 0. The second-order valence-corrected chi connectivity index (χ2v) is 4.86. The summed E-state index contributed by atoms with van der Waals surface area (Å²) in [5, 5.41) is 0. The van der Waals surface area contributed by atoms with E-state index in [1.165, 1.54) is 0 Å². The van der Waals surface area contributed by atoms with Gasteiger partial charge in [-0.05, 0) is 31.4 Å². The van der Waals surface area contributed by atoms with Gasteiger partial charge < -0.3 is 10.5 Å². The summed E-state index contributed by atoms with van der Waals surface area (Å²) in [5.41, 5.74) is 6.37. The zero-order chi connectivity index (χ0) is 13.5. The molecule has 0 aliphatic rings. The molecule has 3 heteroatoms. The number of hydrogen-bond acceptors (Lipinski definition) is 3. The summed E-state index contributed by atoms with van der Waals surface area (Å²) in [5.74, 6) is 1.09. The zero-order valence-corrected chi connectivity index (χ0v) is 11.5. The standard InChI is InChI=1S/C15H23NO2/c1-4-18-14-8-6-5-7-13(14)15(17)12(10-16)9-11(2)3/h5-8,11-12H,4,9-10,16H2,1-3H3. The molecule has 2 N–H and O–H groups in total. The number of Topliss-reactive ketones (excluding diaryl/α,β-unsaturated/α-hetero) is 1. The summed E-state index contributed by atoms with van der Waals surface area (Å²) < 4.78 is 5.50. The van der Waals surface area contributed by atoms with Crippen molar-refractivity contribution < 1.29 is 9.53 Å². The monoisotopic (exact) mass is 249 g/mol. The van der Waals surface area contributed by atoms with Gasteiger partial charge in [-0.1, -0.05) is 26.0 Å². The van der Waals surface area contributed by atoms with Crippen molar-refractivity contribution in [3.63, 3.8) is 0 Å². The number of carbonyl (C=O) groups is 1. The van der Waals surface area contributed by atoms with Crippen molar-refractivity contribution in [1.82, 2.24) is 0 Å². The lowest BCUT2D eigenvalue weighted by molar-refractivity contribution is 0.0905. The maximum Gasteiger partial charge on any atom is 0.170 e. The van der Waals surface area contributed by atoms with Crippen LogP contribution < -0.4 is 10.5 Å². The quantitative estimate of drug-likeness (QED) is 0.756. The van der Waals surface area contributed by atoms with Crippen molar-refractivity contribution >= 4 is 5.78 Å². The van der Waals surface area contributed by atoms with Crippen molar-refractivity contribution in [2.45, 2.75) is 27.2 Å². The van der Waals surface area contributed by atoms with Gasteiger partial charge in [-0.25, -0.2) is 0 Å². The molecule has 0 aliphatic heterocycles. The molecule has 18 heavy (non-hydrogen) atoms. The third-order valence-electron chi connectivity index (χ3n) is 2.86. The van der Waals surface area contributed by atoms with Gasteiger partial charge in [0.05, 0.1) is 12.2 Å². The molecule has 1 aromatic carbocycles. The van der Waals surface area contributed by atoms with E-state index in [0.29, 0.717) is 30.4 Å². The number of ether oxygens (including phenoxy) is 1. The number of hydrogen-bond donors (Lipinski definition) is 1. The van der Waals surface area contributed by atoms with Gasteiger partial charge in [-0.15, -0.1) is 0 Å². The highest BCUT2D eigenvalue weighted by Crippen LogP contribution is 2.24. The second-order valence-electron chi connectivity index (χ2n) is 4.86. The number of benzene rings is 1. The van der Waals surface area contributed by atoms with E-state index in [9.17, 15) is 4.79 Å². The summed E-state index contributed by atoms with van der Waals surface area (Å²) in [6.07, 6.45) is 0.815. The fourth-order valence-corrected chi connectivity index (χ4v) is 2.05. The number of nitrogens with two attached hydrogens (primary N) is 1. The fourth-order valence-electron chi connectivity index (χ4n) is 2.05. The van der Waals surface area contributed by atoms with Gasteiger partial charge >= 0.3 is 0 Å². The van der Waals surface area contributed by atoms with Crippen LogP contribution >= 0.6 is 0 Å². The van der Waals surface area contributed by atoms with E-state index < -0.39 is 0 Å². The Bertz CT molecular complexity index is 388. The van der Waals surface area contributed by atoms with Crippen molar-refractivity contribution in [2.24, 2.45) is 17.6 Å². The van der Waals surface area contributed by atoms with Crippen LogP contribution in [0.5, 0.6) is 5.75 Å². The number of carbonyl (C=O) groups excluding carboxylic acids is 1. The molecule has 1 atom stereocenters. The summed E-state index contributed by atoms with van der Waals surface area (Å²) in [7, 11) is 0. The first-order valence-corrected chi connectivity index (χ1v) is 6.56. The molecule has 0 bridgehead atoms. The minimum Gasteiger partial charge on any atom is -0.493 e. The Kier molecular flexibility index (Phi) is 5.86. The van der Waals surface area contributed by atoms with Gasteiger partial charge in [0.2, 0.25) is 0 Å². The van der Waals surface area contributed by atoms with E-state index in [0.717, 1.165) is 6.42 Å². The Morgan fingerprint density at radius 2 is 2.00 bits per heavy atom. The highest BCUT2D eigenvalue weighted by molar-refractivity contribution is 6.00. The smallest absolute Gasteiger partial charge is 0.170 e. The van der Waals surface area contributed by atoms with E-state index >= 15 is 0 Å². The van der Waals surface area contributed by atoms with Crippen molar-refractivity contribution in [3.8, 4) is 5.75 Å². The highest BCUT2D eigenvalue weighted by atomic mass is 16.5. The molecule has 3 nitrogen and oxygen atoms in total. The predicted octanol–water partition coefficient (Wildman–Crippen LogP) is 2.89. The van der Waals surface area contributed by atoms with Crippen molar-refractivity contribution in [1.29, 1.82) is 0 Å². The summed E-state index contributed by atoms with van der Waals surface area (Å²) in [4.78, 5) is 12.4. The van der Waals surface area contributed by atoms with E-state index in [1.54, 1.807) is 0 Å². The molecule has 0 saturated heterocycles. The highest BCUT2D eigenvalue weighted by Gasteiger charge is 2.22. The third-order valence-corrected chi connectivity index (χ3v) is 2.86. The largest absolute Gasteiger partial charge is 0.493 e. The van der Waals surface area contributed by atoms with Crippen molar-refractivity contribution in [3.05, 3.63) is 29.8 Å². The van der Waals surface area contributed by atoms with Crippen LogP contribution in [0.1, 0.15) is 37.6 Å². The molecule has 0 saturated carbocycles. The SMILES string of the molecule is CCOc1ccccc1C(=O)C(CN)CC(C)C. The average molecular weight is 249 g/mol. The Labute approximate surface area is 109 Å². The molecular formula is C15H23NO2. The van der Waals surface area contributed by atoms with E-state index in [2.05, 4.69) is 13.8 Å². The first kappa shape index (κ1) is 14.7. The Hall–Kier alpha value is -1.35. The van der Waals surface area contributed by atoms with Gasteiger partial charge in [0.15, 0.2) is 5.78 Å². The molecule has 1 rings (SSSR count). The zero-order valence-electron chi connectivity index (χ0n) is 11.5. The van der Waals surface area contributed by atoms with Crippen molar-refractivity contribution in [2.75, 3.05) is 13.2 Å². The fraction of sp³-hybridized carbons (Fsp3) is 0.533. The van der Waals surface area contributed by atoms with Crippen LogP contribution in [-0.4, -0.2) is 18.9 Å². The summed E-state index contributed by atoms with van der Waals surface area (Å²) in [6.45, 7) is 7.06. The molecular weight excluding hydrogens is 226 g/mol. The van der Waals surface area contributed by atoms with E-state index in [-0.39, 0.29) is 11.7 Å². The summed E-state index contributed by atoms with van der Waals surface area (Å²) in [6, 6.07) is 7.39. The third kappa shape index (κ3) is 3.84. The van der Waals surface area contributed by atoms with Crippen LogP contribution in [0, 0.1) is 11.8 Å². The first-order valence-electron chi connectivity index (χ1n) is 6.56. The van der Waals surface area contributed by atoms with Gasteiger partial charge in [-0.3, -0.25) is 4.79 Å². The van der Waals surface area contributed by atoms with Gasteiger partial charge in [0, 0.05) is 12.5 Å². The maximum absolute atomic E-state index is 12.4. The van der Waals surface area contributed by atoms with Crippen LogP contribution in [0.15, 0.2) is 24.3 Å². The molecule has 0 aromatic heterocycles.